The number of hydrogen-bond acceptors (Lipinski definition) is 4. The minimum atomic E-state index is -4.37. The number of rotatable bonds is 2. The lowest BCUT2D eigenvalue weighted by Crippen LogP contribution is -2.33. The van der Waals surface area contributed by atoms with E-state index in [1.807, 2.05) is 18.2 Å². The Morgan fingerprint density at radius 1 is 1.08 bits per heavy atom. The molecule has 7 heteroatoms. The van der Waals surface area contributed by atoms with Crippen LogP contribution < -0.4 is 10.6 Å². The summed E-state index contributed by atoms with van der Waals surface area (Å²) in [7, 11) is 0. The lowest BCUT2D eigenvalue weighted by atomic mass is 9.96. The van der Waals surface area contributed by atoms with Crippen molar-refractivity contribution in [1.29, 1.82) is 0 Å². The number of fused-ring (bicyclic) bond motifs is 1. The van der Waals surface area contributed by atoms with Gasteiger partial charge in [0.05, 0.1) is 32.2 Å². The van der Waals surface area contributed by atoms with Crippen LogP contribution in [0.3, 0.4) is 0 Å². The van der Waals surface area contributed by atoms with Gasteiger partial charge in [-0.3, -0.25) is 0 Å². The first kappa shape index (κ1) is 17.1. The van der Waals surface area contributed by atoms with E-state index in [9.17, 15) is 13.2 Å². The minimum absolute atomic E-state index is 0.179. The summed E-state index contributed by atoms with van der Waals surface area (Å²) in [6.45, 7) is 1.52. The first-order valence-electron chi connectivity index (χ1n) is 8.49. The average Bonchev–Trinajstić information content (AvgIpc) is 3.05. The van der Waals surface area contributed by atoms with Crippen LogP contribution in [0, 0.1) is 0 Å². The number of nitrogen functional groups attached to an aromatic ring is 1. The van der Waals surface area contributed by atoms with Crippen molar-refractivity contribution < 1.29 is 13.2 Å². The van der Waals surface area contributed by atoms with Crippen LogP contribution >= 0.6 is 11.3 Å². The van der Waals surface area contributed by atoms with Gasteiger partial charge in [-0.05, 0) is 43.2 Å². The van der Waals surface area contributed by atoms with Crippen molar-refractivity contribution in [2.75, 3.05) is 23.7 Å². The molecule has 1 fully saturated rings. The largest absolute Gasteiger partial charge is 0.416 e. The number of hydrogen-bond donors (Lipinski definition) is 1. The highest BCUT2D eigenvalue weighted by molar-refractivity contribution is 7.18. The zero-order valence-electron chi connectivity index (χ0n) is 14.0. The number of piperidine rings is 1. The fourth-order valence-electron chi connectivity index (χ4n) is 3.45. The predicted octanol–water partition coefficient (Wildman–Crippen LogP) is 5.28. The Hall–Kier alpha value is -2.28. The van der Waals surface area contributed by atoms with Crippen LogP contribution in [0.15, 0.2) is 42.5 Å². The smallest absolute Gasteiger partial charge is 0.397 e. The van der Waals surface area contributed by atoms with Gasteiger partial charge < -0.3 is 10.6 Å². The molecule has 26 heavy (non-hydrogen) atoms. The number of para-hydroxylation sites is 1. The Morgan fingerprint density at radius 3 is 2.46 bits per heavy atom. The second kappa shape index (κ2) is 6.46. The number of halogens is 3. The van der Waals surface area contributed by atoms with Gasteiger partial charge in [0.1, 0.15) is 0 Å². The summed E-state index contributed by atoms with van der Waals surface area (Å²) in [5.74, 6) is 0.388. The molecule has 0 unspecified atom stereocenters. The van der Waals surface area contributed by atoms with E-state index in [0.29, 0.717) is 11.6 Å². The highest BCUT2D eigenvalue weighted by Gasteiger charge is 2.31. The van der Waals surface area contributed by atoms with E-state index in [1.54, 1.807) is 11.3 Å². The molecule has 3 nitrogen and oxygen atoms in total. The first-order chi connectivity index (χ1) is 12.4. The molecule has 0 spiro atoms. The summed E-state index contributed by atoms with van der Waals surface area (Å²) in [6, 6.07) is 11.7. The second-order valence-electron chi connectivity index (χ2n) is 6.55. The Bertz CT molecular complexity index is 894. The van der Waals surface area contributed by atoms with E-state index in [1.165, 1.54) is 10.8 Å². The third-order valence-corrected chi connectivity index (χ3v) is 6.05. The second-order valence-corrected chi connectivity index (χ2v) is 7.61. The van der Waals surface area contributed by atoms with E-state index in [0.717, 1.165) is 48.6 Å². The fourth-order valence-corrected chi connectivity index (χ4v) is 4.59. The van der Waals surface area contributed by atoms with Gasteiger partial charge in [-0.25, -0.2) is 4.98 Å². The predicted molar refractivity (Wildman–Crippen MR) is 99.7 cm³/mol. The maximum atomic E-state index is 12.8. The number of nitrogens with zero attached hydrogens (tertiary/aromatic N) is 2. The van der Waals surface area contributed by atoms with Crippen LogP contribution in [0.1, 0.15) is 29.3 Å². The molecule has 1 aliphatic rings. The van der Waals surface area contributed by atoms with Crippen LogP contribution in [0.25, 0.3) is 10.2 Å². The average molecular weight is 377 g/mol. The van der Waals surface area contributed by atoms with Crippen molar-refractivity contribution in [3.8, 4) is 0 Å². The number of alkyl halides is 3. The molecule has 0 atom stereocenters. The van der Waals surface area contributed by atoms with E-state index in [4.69, 9.17) is 10.7 Å². The van der Waals surface area contributed by atoms with E-state index in [-0.39, 0.29) is 5.69 Å². The standard InChI is InChI=1S/C19H18F3N3S/c20-19(21,22)13-5-6-16(14(23)11-13)25-9-7-12(8-10-25)18-24-15-3-1-2-4-17(15)26-18/h1-6,11-12H,7-10,23H2. The summed E-state index contributed by atoms with van der Waals surface area (Å²) in [6.07, 6.45) is -2.53. The molecule has 3 aromatic rings. The van der Waals surface area contributed by atoms with Crippen molar-refractivity contribution in [3.63, 3.8) is 0 Å². The topological polar surface area (TPSA) is 42.1 Å². The number of aromatic nitrogens is 1. The summed E-state index contributed by atoms with van der Waals surface area (Å²) < 4.78 is 39.6. The van der Waals surface area contributed by atoms with E-state index in [2.05, 4.69) is 11.0 Å². The first-order valence-corrected chi connectivity index (χ1v) is 9.30. The van der Waals surface area contributed by atoms with Gasteiger partial charge >= 0.3 is 6.18 Å². The Balaban J connectivity index is 1.48. The van der Waals surface area contributed by atoms with Gasteiger partial charge in [0, 0.05) is 19.0 Å². The summed E-state index contributed by atoms with van der Waals surface area (Å²) in [5, 5.41) is 1.14. The molecule has 0 aliphatic carbocycles. The van der Waals surface area contributed by atoms with Crippen LogP contribution in [0.2, 0.25) is 0 Å². The molecule has 0 radical (unpaired) electrons. The molecule has 1 aliphatic heterocycles. The van der Waals surface area contributed by atoms with Crippen LogP contribution in [0.4, 0.5) is 24.5 Å². The summed E-state index contributed by atoms with van der Waals surface area (Å²) in [4.78, 5) is 6.81. The van der Waals surface area contributed by atoms with Gasteiger partial charge in [-0.15, -0.1) is 11.3 Å². The molecule has 4 rings (SSSR count). The third kappa shape index (κ3) is 3.23. The summed E-state index contributed by atoms with van der Waals surface area (Å²) in [5.41, 5.74) is 7.08. The molecule has 136 valence electrons. The van der Waals surface area contributed by atoms with Crippen molar-refractivity contribution in [2.45, 2.75) is 24.9 Å². The molecular formula is C19H18F3N3S. The SMILES string of the molecule is Nc1cc(C(F)(F)F)ccc1N1CCC(c2nc3ccccc3s2)CC1. The highest BCUT2D eigenvalue weighted by Crippen LogP contribution is 2.38. The third-order valence-electron chi connectivity index (χ3n) is 4.85. The monoisotopic (exact) mass is 377 g/mol. The maximum absolute atomic E-state index is 12.8. The quantitative estimate of drug-likeness (QED) is 0.618. The molecule has 0 bridgehead atoms. The number of benzene rings is 2. The molecule has 0 saturated carbocycles. The number of nitrogens with two attached hydrogens (primary N) is 1. The molecule has 2 aromatic carbocycles. The van der Waals surface area contributed by atoms with Gasteiger partial charge in [0.2, 0.25) is 0 Å². The molecule has 1 aromatic heterocycles. The molecular weight excluding hydrogens is 359 g/mol. The number of thiazole rings is 1. The Labute approximate surface area is 153 Å². The van der Waals surface area contributed by atoms with Crippen molar-refractivity contribution in [1.82, 2.24) is 4.98 Å². The number of anilines is 2. The Morgan fingerprint density at radius 2 is 1.81 bits per heavy atom. The van der Waals surface area contributed by atoms with E-state index >= 15 is 0 Å². The maximum Gasteiger partial charge on any atom is 0.416 e. The van der Waals surface area contributed by atoms with Crippen LogP contribution in [0.5, 0.6) is 0 Å². The van der Waals surface area contributed by atoms with E-state index < -0.39 is 11.7 Å². The van der Waals surface area contributed by atoms with Crippen LogP contribution in [-0.4, -0.2) is 18.1 Å². The minimum Gasteiger partial charge on any atom is -0.397 e. The lowest BCUT2D eigenvalue weighted by Gasteiger charge is -2.33. The fraction of sp³-hybridized carbons (Fsp3) is 0.316. The highest BCUT2D eigenvalue weighted by atomic mass is 32.1. The zero-order chi connectivity index (χ0) is 18.3. The lowest BCUT2D eigenvalue weighted by molar-refractivity contribution is -0.137. The van der Waals surface area contributed by atoms with Gasteiger partial charge in [-0.2, -0.15) is 13.2 Å². The Kier molecular flexibility index (Phi) is 4.26. The summed E-state index contributed by atoms with van der Waals surface area (Å²) >= 11 is 1.73. The van der Waals surface area contributed by atoms with Crippen molar-refractivity contribution in [3.05, 3.63) is 53.0 Å². The van der Waals surface area contributed by atoms with Crippen molar-refractivity contribution in [2.24, 2.45) is 0 Å². The van der Waals surface area contributed by atoms with Gasteiger partial charge in [0.25, 0.3) is 0 Å². The van der Waals surface area contributed by atoms with Gasteiger partial charge in [0.15, 0.2) is 0 Å². The van der Waals surface area contributed by atoms with Crippen LogP contribution in [-0.2, 0) is 6.18 Å². The molecule has 1 saturated heterocycles. The molecule has 2 N–H and O–H groups in total. The van der Waals surface area contributed by atoms with Gasteiger partial charge in [-0.1, -0.05) is 12.1 Å². The van der Waals surface area contributed by atoms with Crippen molar-refractivity contribution >= 4 is 32.9 Å². The molecule has 2 heterocycles. The molecule has 0 amide bonds. The zero-order valence-corrected chi connectivity index (χ0v) is 14.8. The normalized spacial score (nSPS) is 16.3.